The van der Waals surface area contributed by atoms with Crippen molar-refractivity contribution in [1.82, 2.24) is 9.55 Å². The van der Waals surface area contributed by atoms with Crippen molar-refractivity contribution in [3.63, 3.8) is 0 Å². The topological polar surface area (TPSA) is 27.1 Å². The Morgan fingerprint density at radius 3 is 2.38 bits per heavy atom. The molecule has 3 nitrogen and oxygen atoms in total. The molecule has 0 N–H and O–H groups in total. The number of nitrogens with zero attached hydrogens (tertiary/aromatic N) is 2. The summed E-state index contributed by atoms with van der Waals surface area (Å²) in [5.41, 5.74) is 5.76. The van der Waals surface area contributed by atoms with Gasteiger partial charge in [0.15, 0.2) is 5.76 Å². The zero-order chi connectivity index (χ0) is 19.6. The van der Waals surface area contributed by atoms with Crippen LogP contribution in [0.5, 0.6) is 0 Å². The lowest BCUT2D eigenvalue weighted by atomic mass is 10.1. The van der Waals surface area contributed by atoms with Gasteiger partial charge in [-0.2, -0.15) is 0 Å². The predicted molar refractivity (Wildman–Crippen MR) is 101 cm³/mol. The average Bonchev–Trinajstić information content (AvgIpc) is 2.97. The largest absolute Gasteiger partial charge is 0.483 e. The molecule has 0 spiro atoms. The Morgan fingerprint density at radius 2 is 1.92 bits per heavy atom. The third-order valence-corrected chi connectivity index (χ3v) is 4.01. The molecule has 0 amide bonds. The molecule has 0 aliphatic rings. The Kier molecular flexibility index (Phi) is 5.72. The maximum atomic E-state index is 13.8. The molecule has 26 heavy (non-hydrogen) atoms. The number of alkyl halides is 2. The highest BCUT2D eigenvalue weighted by atomic mass is 19.3. The molecule has 0 bridgehead atoms. The molecule has 0 saturated carbocycles. The quantitative estimate of drug-likeness (QED) is 0.459. The average molecular weight is 360 g/mol. The Balaban J connectivity index is 2.53. The molecule has 0 atom stereocenters. The highest BCUT2D eigenvalue weighted by Gasteiger charge is 2.28. The van der Waals surface area contributed by atoms with E-state index in [1.54, 1.807) is 6.20 Å². The van der Waals surface area contributed by atoms with E-state index in [9.17, 15) is 8.78 Å². The number of ether oxygens (including phenoxy) is 1. The van der Waals surface area contributed by atoms with E-state index >= 15 is 0 Å². The van der Waals surface area contributed by atoms with Crippen LogP contribution in [0.15, 0.2) is 36.8 Å². The Labute approximate surface area is 154 Å². The van der Waals surface area contributed by atoms with E-state index in [2.05, 4.69) is 17.3 Å². The van der Waals surface area contributed by atoms with Crippen LogP contribution >= 0.6 is 0 Å². The second kappa shape index (κ2) is 7.46. The fourth-order valence-corrected chi connectivity index (χ4v) is 2.75. The summed E-state index contributed by atoms with van der Waals surface area (Å²) in [5.74, 6) is -2.37. The van der Waals surface area contributed by atoms with Crippen LogP contribution in [0.1, 0.15) is 57.4 Å². The van der Waals surface area contributed by atoms with E-state index in [0.29, 0.717) is 17.1 Å². The minimum absolute atomic E-state index is 0.00764. The normalized spacial score (nSPS) is 11.8. The minimum atomic E-state index is -2.90. The zero-order valence-electron chi connectivity index (χ0n) is 16.2. The highest BCUT2D eigenvalue weighted by Crippen LogP contribution is 2.35. The van der Waals surface area contributed by atoms with Crippen LogP contribution in [0, 0.1) is 6.92 Å². The number of pyridine rings is 1. The first-order chi connectivity index (χ1) is 12.0. The molecule has 2 aromatic rings. The van der Waals surface area contributed by atoms with Crippen molar-refractivity contribution in [3.05, 3.63) is 53.5 Å². The molecular formula is C21H26F2N2O. The first kappa shape index (κ1) is 19.9. The van der Waals surface area contributed by atoms with E-state index in [1.165, 1.54) is 12.3 Å². The Morgan fingerprint density at radius 1 is 1.27 bits per heavy atom. The predicted octanol–water partition coefficient (Wildman–Crippen LogP) is 6.10. The number of rotatable bonds is 6. The molecule has 0 radical (unpaired) electrons. The van der Waals surface area contributed by atoms with Gasteiger partial charge in [0.2, 0.25) is 0 Å². The number of hydrogen-bond donors (Lipinski definition) is 0. The lowest BCUT2D eigenvalue weighted by Crippen LogP contribution is -2.06. The lowest BCUT2D eigenvalue weighted by molar-refractivity contribution is 0.0174. The van der Waals surface area contributed by atoms with Crippen LogP contribution in [-0.4, -0.2) is 15.7 Å². The van der Waals surface area contributed by atoms with Crippen LogP contribution in [-0.2, 0) is 10.7 Å². The van der Waals surface area contributed by atoms with E-state index in [0.717, 1.165) is 18.1 Å². The molecule has 5 heteroatoms. The second-order valence-corrected chi connectivity index (χ2v) is 7.07. The van der Waals surface area contributed by atoms with E-state index in [1.807, 2.05) is 45.3 Å². The molecule has 0 fully saturated rings. The SMILES string of the molecule is C=C=C(OC(C)C)c1cnc(-c2cc(C(C)(F)F)cn2C(C)C)c(C)c1. The van der Waals surface area contributed by atoms with Crippen LogP contribution in [0.25, 0.3) is 17.1 Å². The Bertz CT molecular complexity index is 838. The summed E-state index contributed by atoms with van der Waals surface area (Å²) in [6, 6.07) is 3.47. The first-order valence-electron chi connectivity index (χ1n) is 8.68. The summed E-state index contributed by atoms with van der Waals surface area (Å²) in [7, 11) is 0. The van der Waals surface area contributed by atoms with Crippen LogP contribution < -0.4 is 0 Å². The summed E-state index contributed by atoms with van der Waals surface area (Å²) in [6.07, 6.45) is 3.16. The lowest BCUT2D eigenvalue weighted by Gasteiger charge is -2.16. The van der Waals surface area contributed by atoms with Gasteiger partial charge in [0.05, 0.1) is 17.5 Å². The van der Waals surface area contributed by atoms with Gasteiger partial charge in [-0.05, 0) is 52.3 Å². The molecule has 0 aliphatic heterocycles. The maximum Gasteiger partial charge on any atom is 0.272 e. The summed E-state index contributed by atoms with van der Waals surface area (Å²) >= 11 is 0. The van der Waals surface area contributed by atoms with Gasteiger partial charge in [0, 0.05) is 36.5 Å². The van der Waals surface area contributed by atoms with Gasteiger partial charge in [0.1, 0.15) is 0 Å². The third kappa shape index (κ3) is 4.23. The Hall–Kier alpha value is -2.39. The van der Waals surface area contributed by atoms with Gasteiger partial charge < -0.3 is 9.30 Å². The number of aryl methyl sites for hydroxylation is 1. The standard InChI is InChI=1S/C21H26F2N2O/c1-8-19(26-14(4)5)16-9-15(6)20(24-11-16)18-10-17(21(7,22)23)12-25(18)13(2)3/h9-14H,1H2,2-7H3. The van der Waals surface area contributed by atoms with Gasteiger partial charge in [-0.15, -0.1) is 0 Å². The smallest absolute Gasteiger partial charge is 0.272 e. The first-order valence-corrected chi connectivity index (χ1v) is 8.68. The molecule has 140 valence electrons. The summed E-state index contributed by atoms with van der Waals surface area (Å²) in [4.78, 5) is 4.53. The third-order valence-electron chi connectivity index (χ3n) is 4.01. The van der Waals surface area contributed by atoms with Crippen LogP contribution in [0.3, 0.4) is 0 Å². The molecule has 2 heterocycles. The minimum Gasteiger partial charge on any atom is -0.483 e. The molecule has 0 saturated heterocycles. The molecular weight excluding hydrogens is 334 g/mol. The van der Waals surface area contributed by atoms with E-state index in [-0.39, 0.29) is 17.7 Å². The monoisotopic (exact) mass is 360 g/mol. The van der Waals surface area contributed by atoms with Crippen molar-refractivity contribution < 1.29 is 13.5 Å². The van der Waals surface area contributed by atoms with Crippen molar-refractivity contribution in [2.75, 3.05) is 0 Å². The van der Waals surface area contributed by atoms with Gasteiger partial charge in [-0.3, -0.25) is 4.98 Å². The van der Waals surface area contributed by atoms with Gasteiger partial charge in [-0.25, -0.2) is 8.78 Å². The van der Waals surface area contributed by atoms with Gasteiger partial charge in [0.25, 0.3) is 5.92 Å². The van der Waals surface area contributed by atoms with Gasteiger partial charge >= 0.3 is 0 Å². The van der Waals surface area contributed by atoms with E-state index in [4.69, 9.17) is 4.74 Å². The van der Waals surface area contributed by atoms with E-state index < -0.39 is 5.92 Å². The van der Waals surface area contributed by atoms with Crippen molar-refractivity contribution in [2.45, 2.75) is 59.6 Å². The summed E-state index contributed by atoms with van der Waals surface area (Å²) in [6.45, 7) is 14.2. The molecule has 2 aromatic heterocycles. The summed E-state index contributed by atoms with van der Waals surface area (Å²) in [5, 5.41) is 0. The van der Waals surface area contributed by atoms with Crippen molar-refractivity contribution in [2.24, 2.45) is 0 Å². The number of halogens is 2. The zero-order valence-corrected chi connectivity index (χ0v) is 16.2. The van der Waals surface area contributed by atoms with Crippen LogP contribution in [0.4, 0.5) is 8.78 Å². The van der Waals surface area contributed by atoms with Crippen LogP contribution in [0.2, 0.25) is 0 Å². The maximum absolute atomic E-state index is 13.8. The van der Waals surface area contributed by atoms with Gasteiger partial charge in [-0.1, -0.05) is 12.3 Å². The van der Waals surface area contributed by atoms with Crippen molar-refractivity contribution in [1.29, 1.82) is 0 Å². The highest BCUT2D eigenvalue weighted by molar-refractivity contribution is 5.66. The second-order valence-electron chi connectivity index (χ2n) is 7.07. The summed E-state index contributed by atoms with van der Waals surface area (Å²) < 4.78 is 35.1. The molecule has 0 aliphatic carbocycles. The molecule has 0 unspecified atom stereocenters. The fourth-order valence-electron chi connectivity index (χ4n) is 2.75. The van der Waals surface area contributed by atoms with Crippen molar-refractivity contribution >= 4 is 5.76 Å². The number of aromatic nitrogens is 2. The molecule has 0 aromatic carbocycles. The number of hydrogen-bond acceptors (Lipinski definition) is 2. The fraction of sp³-hybridized carbons (Fsp3) is 0.429. The molecule has 2 rings (SSSR count). The van der Waals surface area contributed by atoms with Crippen molar-refractivity contribution in [3.8, 4) is 11.4 Å².